The van der Waals surface area contributed by atoms with Crippen molar-refractivity contribution in [3.8, 4) is 0 Å². The van der Waals surface area contributed by atoms with Gasteiger partial charge in [0, 0.05) is 28.3 Å². The molecule has 6 nitrogen and oxygen atoms in total. The molecule has 2 N–H and O–H groups in total. The molecule has 0 saturated carbocycles. The minimum absolute atomic E-state index is 0.108. The lowest BCUT2D eigenvalue weighted by molar-refractivity contribution is -0.384. The number of nitro groups is 1. The zero-order valence-corrected chi connectivity index (χ0v) is 12.7. The summed E-state index contributed by atoms with van der Waals surface area (Å²) < 4.78 is 1.74. The molecule has 0 amide bonds. The van der Waals surface area contributed by atoms with Crippen LogP contribution in [0.1, 0.15) is 10.4 Å². The lowest BCUT2D eigenvalue weighted by Crippen LogP contribution is -1.91. The Kier molecular flexibility index (Phi) is 3.78. The Balaban J connectivity index is 1.97. The first-order valence-corrected chi connectivity index (χ1v) is 7.77. The quantitative estimate of drug-likeness (QED) is 0.338. The molecule has 2 aromatic carbocycles. The highest BCUT2D eigenvalue weighted by Gasteiger charge is 2.13. The predicted molar refractivity (Wildman–Crippen MR) is 86.6 cm³/mol. The van der Waals surface area contributed by atoms with Gasteiger partial charge < -0.3 is 5.73 Å². The Hall–Kier alpha value is -2.45. The molecule has 0 spiro atoms. The summed E-state index contributed by atoms with van der Waals surface area (Å²) in [5, 5.41) is 10.7. The zero-order valence-electron chi connectivity index (χ0n) is 11.1. The predicted octanol–water partition coefficient (Wildman–Crippen LogP) is 3.75. The summed E-state index contributed by atoms with van der Waals surface area (Å²) in [4.78, 5) is 26.4. The van der Waals surface area contributed by atoms with Crippen molar-refractivity contribution in [2.45, 2.75) is 9.24 Å². The Labute approximate surface area is 133 Å². The van der Waals surface area contributed by atoms with Crippen molar-refractivity contribution in [3.05, 3.63) is 52.1 Å². The monoisotopic (exact) mass is 331 g/mol. The van der Waals surface area contributed by atoms with E-state index in [-0.39, 0.29) is 11.3 Å². The second-order valence-corrected chi connectivity index (χ2v) is 6.73. The molecule has 0 aliphatic carbocycles. The molecule has 1 heterocycles. The summed E-state index contributed by atoms with van der Waals surface area (Å²) in [6.07, 6.45) is 0.612. The van der Waals surface area contributed by atoms with Gasteiger partial charge in [0.2, 0.25) is 0 Å². The average Bonchev–Trinajstić information content (AvgIpc) is 2.88. The molecule has 0 bridgehead atoms. The molecular weight excluding hydrogens is 322 g/mol. The fourth-order valence-electron chi connectivity index (χ4n) is 1.90. The van der Waals surface area contributed by atoms with Crippen LogP contribution in [0.4, 0.5) is 11.4 Å². The highest BCUT2D eigenvalue weighted by atomic mass is 32.2. The Morgan fingerprint density at radius 3 is 2.82 bits per heavy atom. The minimum Gasteiger partial charge on any atom is -0.399 e. The smallest absolute Gasteiger partial charge is 0.270 e. The van der Waals surface area contributed by atoms with Gasteiger partial charge in [0.1, 0.15) is 0 Å². The van der Waals surface area contributed by atoms with E-state index in [1.807, 2.05) is 6.07 Å². The van der Waals surface area contributed by atoms with E-state index in [1.54, 1.807) is 18.2 Å². The largest absolute Gasteiger partial charge is 0.399 e. The maximum Gasteiger partial charge on any atom is 0.270 e. The number of non-ortho nitro benzene ring substituents is 1. The van der Waals surface area contributed by atoms with Crippen LogP contribution in [0.15, 0.2) is 45.6 Å². The van der Waals surface area contributed by atoms with Crippen molar-refractivity contribution >= 4 is 51.0 Å². The van der Waals surface area contributed by atoms with E-state index in [4.69, 9.17) is 5.73 Å². The highest BCUT2D eigenvalue weighted by Crippen LogP contribution is 2.37. The third-order valence-electron chi connectivity index (χ3n) is 2.92. The molecule has 0 radical (unpaired) electrons. The number of carbonyl (C=O) groups is 1. The van der Waals surface area contributed by atoms with Crippen LogP contribution in [0.5, 0.6) is 0 Å². The van der Waals surface area contributed by atoms with Gasteiger partial charge in [0.05, 0.1) is 15.1 Å². The summed E-state index contributed by atoms with van der Waals surface area (Å²) in [5.41, 5.74) is 7.32. The number of anilines is 1. The maximum atomic E-state index is 11.1. The Morgan fingerprint density at radius 2 is 2.09 bits per heavy atom. The van der Waals surface area contributed by atoms with Crippen LogP contribution in [0.3, 0.4) is 0 Å². The third kappa shape index (κ3) is 2.78. The number of hydrogen-bond donors (Lipinski definition) is 1. The SMILES string of the molecule is Nc1ccc2sc(Sc3ccc([N+](=O)[O-])cc3C=O)nc2c1. The van der Waals surface area contributed by atoms with Crippen molar-refractivity contribution < 1.29 is 9.72 Å². The highest BCUT2D eigenvalue weighted by molar-refractivity contribution is 8.01. The summed E-state index contributed by atoms with van der Waals surface area (Å²) in [6, 6.07) is 9.68. The van der Waals surface area contributed by atoms with E-state index in [1.165, 1.54) is 35.2 Å². The number of aromatic nitrogens is 1. The number of nitrogens with two attached hydrogens (primary N) is 1. The number of fused-ring (bicyclic) bond motifs is 1. The van der Waals surface area contributed by atoms with Crippen molar-refractivity contribution in [3.63, 3.8) is 0 Å². The molecule has 0 fully saturated rings. The number of aldehydes is 1. The molecule has 0 saturated heterocycles. The molecule has 3 rings (SSSR count). The first-order valence-electron chi connectivity index (χ1n) is 6.14. The van der Waals surface area contributed by atoms with Crippen molar-refractivity contribution in [2.75, 3.05) is 5.73 Å². The van der Waals surface area contributed by atoms with E-state index in [2.05, 4.69) is 4.98 Å². The lowest BCUT2D eigenvalue weighted by atomic mass is 10.2. The summed E-state index contributed by atoms with van der Waals surface area (Å²) in [5.74, 6) is 0. The first kappa shape index (κ1) is 14.5. The van der Waals surface area contributed by atoms with E-state index in [0.717, 1.165) is 14.6 Å². The molecule has 3 aromatic rings. The van der Waals surface area contributed by atoms with Crippen LogP contribution >= 0.6 is 23.1 Å². The van der Waals surface area contributed by atoms with Crippen LogP contribution < -0.4 is 5.73 Å². The van der Waals surface area contributed by atoms with E-state index < -0.39 is 4.92 Å². The van der Waals surface area contributed by atoms with E-state index in [0.29, 0.717) is 16.9 Å². The fraction of sp³-hybridized carbons (Fsp3) is 0. The van der Waals surface area contributed by atoms with E-state index in [9.17, 15) is 14.9 Å². The third-order valence-corrected chi connectivity index (χ3v) is 5.11. The Morgan fingerprint density at radius 1 is 1.27 bits per heavy atom. The van der Waals surface area contributed by atoms with Gasteiger partial charge in [-0.3, -0.25) is 14.9 Å². The van der Waals surface area contributed by atoms with Gasteiger partial charge in [0.25, 0.3) is 5.69 Å². The molecule has 0 aliphatic heterocycles. The molecule has 22 heavy (non-hydrogen) atoms. The maximum absolute atomic E-state index is 11.1. The minimum atomic E-state index is -0.526. The van der Waals surface area contributed by atoms with Crippen LogP contribution in [0.25, 0.3) is 10.2 Å². The fourth-order valence-corrected chi connectivity index (χ4v) is 3.97. The van der Waals surface area contributed by atoms with Gasteiger partial charge in [-0.1, -0.05) is 11.8 Å². The number of thiazole rings is 1. The van der Waals surface area contributed by atoms with Crippen LogP contribution in [0, 0.1) is 10.1 Å². The molecule has 110 valence electrons. The Bertz CT molecular complexity index is 892. The average molecular weight is 331 g/mol. The lowest BCUT2D eigenvalue weighted by Gasteiger charge is -2.01. The number of carbonyl (C=O) groups excluding carboxylic acids is 1. The number of nitrogens with zero attached hydrogens (tertiary/aromatic N) is 2. The van der Waals surface area contributed by atoms with Crippen molar-refractivity contribution in [2.24, 2.45) is 0 Å². The second kappa shape index (κ2) is 5.74. The van der Waals surface area contributed by atoms with Crippen LogP contribution in [-0.4, -0.2) is 16.2 Å². The summed E-state index contributed by atoms with van der Waals surface area (Å²) >= 11 is 2.78. The molecular formula is C14H9N3O3S2. The molecule has 0 aliphatic rings. The molecule has 0 unspecified atom stereocenters. The standard InChI is InChI=1S/C14H9N3O3S2/c15-9-1-3-13-11(6-9)16-14(22-13)21-12-4-2-10(17(19)20)5-8(12)7-18/h1-7H,15H2. The van der Waals surface area contributed by atoms with Gasteiger partial charge in [-0.15, -0.1) is 11.3 Å². The van der Waals surface area contributed by atoms with Gasteiger partial charge >= 0.3 is 0 Å². The normalized spacial score (nSPS) is 10.7. The van der Waals surface area contributed by atoms with Crippen molar-refractivity contribution in [1.82, 2.24) is 4.98 Å². The van der Waals surface area contributed by atoms with Gasteiger partial charge in [-0.2, -0.15) is 0 Å². The second-order valence-electron chi connectivity index (χ2n) is 4.41. The van der Waals surface area contributed by atoms with Crippen LogP contribution in [0.2, 0.25) is 0 Å². The molecule has 8 heteroatoms. The van der Waals surface area contributed by atoms with E-state index >= 15 is 0 Å². The number of nitrogen functional groups attached to an aromatic ring is 1. The summed E-state index contributed by atoms with van der Waals surface area (Å²) in [7, 11) is 0. The number of hydrogen-bond acceptors (Lipinski definition) is 7. The first-order chi connectivity index (χ1) is 10.6. The van der Waals surface area contributed by atoms with Gasteiger partial charge in [-0.05, 0) is 24.3 Å². The number of rotatable bonds is 4. The number of nitro benzene ring substituents is 1. The van der Waals surface area contributed by atoms with Crippen molar-refractivity contribution in [1.29, 1.82) is 0 Å². The topological polar surface area (TPSA) is 99.1 Å². The number of benzene rings is 2. The molecule has 0 atom stereocenters. The van der Waals surface area contributed by atoms with Gasteiger partial charge in [0.15, 0.2) is 10.6 Å². The van der Waals surface area contributed by atoms with Crippen LogP contribution in [-0.2, 0) is 0 Å². The zero-order chi connectivity index (χ0) is 15.7. The van der Waals surface area contributed by atoms with Gasteiger partial charge in [-0.25, -0.2) is 4.98 Å². The molecule has 1 aromatic heterocycles. The summed E-state index contributed by atoms with van der Waals surface area (Å²) in [6.45, 7) is 0.